The first-order chi connectivity index (χ1) is 14.7. The van der Waals surface area contributed by atoms with Crippen LogP contribution in [0.2, 0.25) is 5.02 Å². The van der Waals surface area contributed by atoms with Gasteiger partial charge < -0.3 is 19.9 Å². The largest absolute Gasteiger partial charge is 0.497 e. The van der Waals surface area contributed by atoms with Gasteiger partial charge in [0.25, 0.3) is 0 Å². The molecule has 3 aromatic carbocycles. The summed E-state index contributed by atoms with van der Waals surface area (Å²) in [7, 11) is -1.26. The number of halogens is 2. The second kappa shape index (κ2) is 9.42. The molecule has 0 saturated heterocycles. The summed E-state index contributed by atoms with van der Waals surface area (Å²) in [4.78, 5) is -0.447. The summed E-state index contributed by atoms with van der Waals surface area (Å²) in [6.07, 6.45) is 0. The number of rotatable bonds is 8. The van der Waals surface area contributed by atoms with E-state index < -0.39 is 26.5 Å². The van der Waals surface area contributed by atoms with Gasteiger partial charge in [0.2, 0.25) is 10.0 Å². The molecule has 0 saturated carbocycles. The van der Waals surface area contributed by atoms with Crippen molar-refractivity contribution in [2.75, 3.05) is 20.0 Å². The summed E-state index contributed by atoms with van der Waals surface area (Å²) in [6.45, 7) is -0.122. The van der Waals surface area contributed by atoms with Gasteiger partial charge in [0.05, 0.1) is 14.2 Å². The quantitative estimate of drug-likeness (QED) is 0.479. The van der Waals surface area contributed by atoms with Crippen LogP contribution in [0.5, 0.6) is 23.0 Å². The average Bonchev–Trinajstić information content (AvgIpc) is 2.73. The van der Waals surface area contributed by atoms with Crippen LogP contribution in [0.15, 0.2) is 59.5 Å². The number of nitrogens with one attached hydrogen (secondary N) is 1. The SMILES string of the molecule is COc1ccc(CNS(=O)(=O)c2cc(N)cc(F)c2Oc2cccc(Cl)c2)c(OC)c1. The summed E-state index contributed by atoms with van der Waals surface area (Å²) in [6, 6.07) is 13.2. The van der Waals surface area contributed by atoms with E-state index in [0.29, 0.717) is 22.1 Å². The van der Waals surface area contributed by atoms with Crippen LogP contribution >= 0.6 is 11.6 Å². The van der Waals surface area contributed by atoms with Crippen molar-refractivity contribution in [2.45, 2.75) is 11.4 Å². The lowest BCUT2D eigenvalue weighted by molar-refractivity contribution is 0.390. The first-order valence-corrected chi connectivity index (χ1v) is 10.8. The van der Waals surface area contributed by atoms with Gasteiger partial charge in [0.15, 0.2) is 11.6 Å². The molecule has 0 atom stereocenters. The van der Waals surface area contributed by atoms with E-state index in [1.54, 1.807) is 30.3 Å². The van der Waals surface area contributed by atoms with E-state index in [0.717, 1.165) is 12.1 Å². The van der Waals surface area contributed by atoms with Gasteiger partial charge in [-0.05, 0) is 30.3 Å². The van der Waals surface area contributed by atoms with Crippen LogP contribution in [0.3, 0.4) is 0 Å². The molecule has 0 heterocycles. The predicted molar refractivity (Wildman–Crippen MR) is 116 cm³/mol. The van der Waals surface area contributed by atoms with Crippen LogP contribution in [0.1, 0.15) is 5.56 Å². The Bertz CT molecular complexity index is 1200. The molecular weight excluding hydrogens is 447 g/mol. The molecule has 31 heavy (non-hydrogen) atoms. The van der Waals surface area contributed by atoms with Crippen LogP contribution < -0.4 is 24.7 Å². The van der Waals surface area contributed by atoms with Crippen LogP contribution in [-0.4, -0.2) is 22.6 Å². The van der Waals surface area contributed by atoms with Gasteiger partial charge in [-0.25, -0.2) is 17.5 Å². The Morgan fingerprint density at radius 1 is 1.03 bits per heavy atom. The van der Waals surface area contributed by atoms with Crippen LogP contribution in [-0.2, 0) is 16.6 Å². The fraction of sp³-hybridized carbons (Fsp3) is 0.143. The van der Waals surface area contributed by atoms with E-state index in [1.807, 2.05) is 0 Å². The van der Waals surface area contributed by atoms with Crippen molar-refractivity contribution in [1.82, 2.24) is 4.72 Å². The van der Waals surface area contributed by atoms with E-state index in [4.69, 9.17) is 31.5 Å². The minimum absolute atomic E-state index is 0.0710. The van der Waals surface area contributed by atoms with Gasteiger partial charge in [-0.1, -0.05) is 23.7 Å². The fourth-order valence-corrected chi connectivity index (χ4v) is 4.14. The Labute approximate surface area is 184 Å². The molecule has 3 N–H and O–H groups in total. The minimum Gasteiger partial charge on any atom is -0.497 e. The normalized spacial score (nSPS) is 11.2. The number of nitrogen functional groups attached to an aromatic ring is 1. The molecule has 0 amide bonds. The molecule has 3 aromatic rings. The number of methoxy groups -OCH3 is 2. The zero-order chi connectivity index (χ0) is 22.6. The second-order valence-electron chi connectivity index (χ2n) is 6.39. The number of nitrogens with two attached hydrogens (primary N) is 1. The fourth-order valence-electron chi connectivity index (χ4n) is 2.78. The Balaban J connectivity index is 1.93. The van der Waals surface area contributed by atoms with Crippen LogP contribution in [0, 0.1) is 5.82 Å². The van der Waals surface area contributed by atoms with Crippen LogP contribution in [0.25, 0.3) is 0 Å². The maximum atomic E-state index is 14.6. The number of sulfonamides is 1. The molecule has 0 unspecified atom stereocenters. The Morgan fingerprint density at radius 2 is 1.81 bits per heavy atom. The van der Waals surface area contributed by atoms with Crippen molar-refractivity contribution < 1.29 is 27.0 Å². The van der Waals surface area contributed by atoms with E-state index >= 15 is 0 Å². The van der Waals surface area contributed by atoms with Crippen molar-refractivity contribution in [3.8, 4) is 23.0 Å². The molecule has 0 radical (unpaired) electrons. The second-order valence-corrected chi connectivity index (χ2v) is 8.56. The van der Waals surface area contributed by atoms with Gasteiger partial charge in [-0.3, -0.25) is 0 Å². The summed E-state index contributed by atoms with van der Waals surface area (Å²) >= 11 is 5.93. The zero-order valence-corrected chi connectivity index (χ0v) is 18.3. The minimum atomic E-state index is -4.22. The number of hydrogen-bond donors (Lipinski definition) is 2. The van der Waals surface area contributed by atoms with Gasteiger partial charge in [-0.2, -0.15) is 0 Å². The third-order valence-corrected chi connectivity index (χ3v) is 5.93. The molecule has 10 heteroatoms. The molecule has 0 aliphatic carbocycles. The number of hydrogen-bond acceptors (Lipinski definition) is 6. The third kappa shape index (κ3) is 5.38. The molecular formula is C21H20ClFN2O5S. The van der Waals surface area contributed by atoms with Gasteiger partial charge in [0.1, 0.15) is 22.1 Å². The lowest BCUT2D eigenvalue weighted by atomic mass is 10.2. The Hall–Kier alpha value is -3.01. The molecule has 0 aliphatic heterocycles. The smallest absolute Gasteiger partial charge is 0.244 e. The highest BCUT2D eigenvalue weighted by Crippen LogP contribution is 2.34. The highest BCUT2D eigenvalue weighted by Gasteiger charge is 2.25. The summed E-state index contributed by atoms with van der Waals surface area (Å²) in [5.74, 6) is -0.271. The average molecular weight is 467 g/mol. The number of anilines is 1. The maximum Gasteiger partial charge on any atom is 0.244 e. The first kappa shape index (κ1) is 22.7. The first-order valence-electron chi connectivity index (χ1n) is 8.96. The maximum absolute atomic E-state index is 14.6. The van der Waals surface area contributed by atoms with Gasteiger partial charge in [0, 0.05) is 35.0 Å². The molecule has 0 bridgehead atoms. The van der Waals surface area contributed by atoms with E-state index in [-0.39, 0.29) is 18.0 Å². The summed E-state index contributed by atoms with van der Waals surface area (Å²) in [5, 5.41) is 0.350. The topological polar surface area (TPSA) is 99.9 Å². The molecule has 0 fully saturated rings. The van der Waals surface area contributed by atoms with Crippen molar-refractivity contribution >= 4 is 27.3 Å². The van der Waals surface area contributed by atoms with Crippen molar-refractivity contribution in [3.05, 3.63) is 71.0 Å². The summed E-state index contributed by atoms with van der Waals surface area (Å²) in [5.41, 5.74) is 6.16. The number of benzene rings is 3. The Kier molecular flexibility index (Phi) is 6.89. The van der Waals surface area contributed by atoms with Crippen molar-refractivity contribution in [1.29, 1.82) is 0 Å². The standard InChI is InChI=1S/C21H20ClFN2O5S/c1-28-16-7-6-13(19(11-16)29-2)12-25-31(26,27)20-10-15(24)9-18(23)21(20)30-17-5-3-4-14(22)8-17/h3-11,25H,12,24H2,1-2H3. The van der Waals surface area contributed by atoms with Gasteiger partial charge in [-0.15, -0.1) is 0 Å². The molecule has 3 rings (SSSR count). The molecule has 0 aromatic heterocycles. The highest BCUT2D eigenvalue weighted by atomic mass is 35.5. The lowest BCUT2D eigenvalue weighted by Gasteiger charge is -2.15. The van der Waals surface area contributed by atoms with Crippen LogP contribution in [0.4, 0.5) is 10.1 Å². The Morgan fingerprint density at radius 3 is 2.48 bits per heavy atom. The van der Waals surface area contributed by atoms with Crippen molar-refractivity contribution in [3.63, 3.8) is 0 Å². The molecule has 0 spiro atoms. The summed E-state index contributed by atoms with van der Waals surface area (Å²) < 4.78 is 59.0. The van der Waals surface area contributed by atoms with Crippen molar-refractivity contribution in [2.24, 2.45) is 0 Å². The van der Waals surface area contributed by atoms with E-state index in [2.05, 4.69) is 4.72 Å². The third-order valence-electron chi connectivity index (χ3n) is 4.28. The molecule has 7 nitrogen and oxygen atoms in total. The zero-order valence-electron chi connectivity index (χ0n) is 16.7. The van der Waals surface area contributed by atoms with Gasteiger partial charge >= 0.3 is 0 Å². The van der Waals surface area contributed by atoms with E-state index in [1.165, 1.54) is 26.4 Å². The predicted octanol–water partition coefficient (Wildman–Crippen LogP) is 4.35. The highest BCUT2D eigenvalue weighted by molar-refractivity contribution is 7.89. The molecule has 164 valence electrons. The molecule has 0 aliphatic rings. The van der Waals surface area contributed by atoms with E-state index in [9.17, 15) is 12.8 Å². The monoisotopic (exact) mass is 466 g/mol. The number of ether oxygens (including phenoxy) is 3. The lowest BCUT2D eigenvalue weighted by Crippen LogP contribution is -2.24.